The Morgan fingerprint density at radius 3 is 3.00 bits per heavy atom. The van der Waals surface area contributed by atoms with Crippen molar-refractivity contribution < 1.29 is 4.39 Å². The lowest BCUT2D eigenvalue weighted by molar-refractivity contribution is 0.637. The van der Waals surface area contributed by atoms with Gasteiger partial charge in [0.1, 0.15) is 17.7 Å². The maximum Gasteiger partial charge on any atom is 0.191 e. The van der Waals surface area contributed by atoms with Crippen molar-refractivity contribution in [2.45, 2.75) is 43.3 Å². The predicted octanol–water partition coefficient (Wildman–Crippen LogP) is 3.41. The molecule has 0 saturated heterocycles. The van der Waals surface area contributed by atoms with Gasteiger partial charge in [0, 0.05) is 12.6 Å². The first-order valence-electron chi connectivity index (χ1n) is 7.44. The van der Waals surface area contributed by atoms with Gasteiger partial charge in [0.2, 0.25) is 0 Å². The van der Waals surface area contributed by atoms with Gasteiger partial charge in [0.15, 0.2) is 11.0 Å². The number of para-hydroxylation sites is 1. The SMILES string of the molecule is CCn1c(CSc2nncn2C2CC2)nc2c(F)cccc21. The molecule has 0 radical (unpaired) electrons. The third-order valence-electron chi connectivity index (χ3n) is 3.94. The van der Waals surface area contributed by atoms with E-state index in [1.165, 1.54) is 18.9 Å². The van der Waals surface area contributed by atoms with E-state index in [2.05, 4.69) is 24.3 Å². The number of rotatable bonds is 5. The summed E-state index contributed by atoms with van der Waals surface area (Å²) in [4.78, 5) is 4.48. The topological polar surface area (TPSA) is 48.5 Å². The molecule has 1 saturated carbocycles. The van der Waals surface area contributed by atoms with Crippen molar-refractivity contribution in [3.05, 3.63) is 36.2 Å². The highest BCUT2D eigenvalue weighted by molar-refractivity contribution is 7.98. The largest absolute Gasteiger partial charge is 0.327 e. The summed E-state index contributed by atoms with van der Waals surface area (Å²) in [5.41, 5.74) is 1.30. The van der Waals surface area contributed by atoms with E-state index in [9.17, 15) is 4.39 Å². The maximum atomic E-state index is 13.9. The number of aromatic nitrogens is 5. The highest BCUT2D eigenvalue weighted by Gasteiger charge is 2.26. The average molecular weight is 317 g/mol. The van der Waals surface area contributed by atoms with Crippen LogP contribution in [-0.4, -0.2) is 24.3 Å². The molecule has 1 fully saturated rings. The first kappa shape index (κ1) is 13.8. The minimum Gasteiger partial charge on any atom is -0.327 e. The normalized spacial score (nSPS) is 14.8. The van der Waals surface area contributed by atoms with Gasteiger partial charge in [-0.25, -0.2) is 9.37 Å². The van der Waals surface area contributed by atoms with Crippen LogP contribution in [0.3, 0.4) is 0 Å². The molecule has 0 bridgehead atoms. The average Bonchev–Trinajstić information content (AvgIpc) is 3.14. The number of fused-ring (bicyclic) bond motifs is 1. The number of halogens is 1. The lowest BCUT2D eigenvalue weighted by atomic mass is 10.3. The molecule has 0 unspecified atom stereocenters. The highest BCUT2D eigenvalue weighted by atomic mass is 32.2. The first-order chi connectivity index (χ1) is 10.8. The van der Waals surface area contributed by atoms with Crippen LogP contribution in [0.15, 0.2) is 29.7 Å². The molecule has 7 heteroatoms. The van der Waals surface area contributed by atoms with Crippen LogP contribution in [-0.2, 0) is 12.3 Å². The number of nitrogens with zero attached hydrogens (tertiary/aromatic N) is 5. The third kappa shape index (κ3) is 2.29. The number of hydrogen-bond donors (Lipinski definition) is 0. The zero-order valence-corrected chi connectivity index (χ0v) is 13.1. The summed E-state index contributed by atoms with van der Waals surface area (Å²) in [5, 5.41) is 9.10. The van der Waals surface area contributed by atoms with Crippen molar-refractivity contribution in [2.75, 3.05) is 0 Å². The van der Waals surface area contributed by atoms with E-state index in [1.807, 2.05) is 13.0 Å². The van der Waals surface area contributed by atoms with Gasteiger partial charge in [-0.1, -0.05) is 17.8 Å². The summed E-state index contributed by atoms with van der Waals surface area (Å²) in [6, 6.07) is 5.65. The summed E-state index contributed by atoms with van der Waals surface area (Å²) < 4.78 is 18.1. The van der Waals surface area contributed by atoms with E-state index in [0.717, 1.165) is 23.0 Å². The number of imidazole rings is 1. The van der Waals surface area contributed by atoms with Crippen LogP contribution in [0.2, 0.25) is 0 Å². The molecular weight excluding hydrogens is 301 g/mol. The van der Waals surface area contributed by atoms with Crippen molar-refractivity contribution in [1.82, 2.24) is 24.3 Å². The summed E-state index contributed by atoms with van der Waals surface area (Å²) >= 11 is 1.61. The maximum absolute atomic E-state index is 13.9. The van der Waals surface area contributed by atoms with E-state index in [-0.39, 0.29) is 5.82 Å². The standard InChI is InChI=1S/C15H16FN5S/c1-2-20-12-5-3-4-11(16)14(12)18-13(20)8-22-15-19-17-9-21(15)10-6-7-10/h3-5,9-10H,2,6-8H2,1H3. The molecule has 0 aliphatic heterocycles. The monoisotopic (exact) mass is 317 g/mol. The zero-order valence-electron chi connectivity index (χ0n) is 12.2. The molecular formula is C15H16FN5S. The number of aryl methyl sites for hydroxylation is 1. The minimum atomic E-state index is -0.267. The van der Waals surface area contributed by atoms with Crippen LogP contribution in [0, 0.1) is 5.82 Å². The van der Waals surface area contributed by atoms with Crippen LogP contribution in [0.4, 0.5) is 4.39 Å². The van der Waals surface area contributed by atoms with Crippen LogP contribution in [0.1, 0.15) is 31.6 Å². The molecule has 1 aromatic carbocycles. The molecule has 0 atom stereocenters. The van der Waals surface area contributed by atoms with Gasteiger partial charge in [-0.2, -0.15) is 0 Å². The van der Waals surface area contributed by atoms with Crippen molar-refractivity contribution >= 4 is 22.8 Å². The Morgan fingerprint density at radius 1 is 1.36 bits per heavy atom. The summed E-state index contributed by atoms with van der Waals surface area (Å²) in [6.07, 6.45) is 4.19. The second kappa shape index (κ2) is 5.39. The molecule has 5 nitrogen and oxygen atoms in total. The molecule has 1 aliphatic rings. The lowest BCUT2D eigenvalue weighted by Crippen LogP contribution is -2.01. The number of thioether (sulfide) groups is 1. The smallest absolute Gasteiger partial charge is 0.191 e. The molecule has 2 aromatic heterocycles. The predicted molar refractivity (Wildman–Crippen MR) is 83.2 cm³/mol. The van der Waals surface area contributed by atoms with E-state index < -0.39 is 0 Å². The van der Waals surface area contributed by atoms with Gasteiger partial charge in [-0.05, 0) is 31.9 Å². The van der Waals surface area contributed by atoms with Crippen molar-refractivity contribution in [3.8, 4) is 0 Å². The number of benzene rings is 1. The molecule has 3 aromatic rings. The van der Waals surface area contributed by atoms with E-state index in [0.29, 0.717) is 17.3 Å². The Bertz CT molecular complexity index is 821. The molecule has 0 spiro atoms. The Hall–Kier alpha value is -1.89. The molecule has 0 amide bonds. The summed E-state index contributed by atoms with van der Waals surface area (Å²) in [5.74, 6) is 1.27. The molecule has 114 valence electrons. The number of hydrogen-bond acceptors (Lipinski definition) is 4. The second-order valence-electron chi connectivity index (χ2n) is 5.42. The third-order valence-corrected chi connectivity index (χ3v) is 4.89. The summed E-state index contributed by atoms with van der Waals surface area (Å²) in [7, 11) is 0. The minimum absolute atomic E-state index is 0.267. The molecule has 4 rings (SSSR count). The van der Waals surface area contributed by atoms with Crippen LogP contribution < -0.4 is 0 Å². The lowest BCUT2D eigenvalue weighted by Gasteiger charge is -2.06. The summed E-state index contributed by atoms with van der Waals surface area (Å²) in [6.45, 7) is 2.82. The highest BCUT2D eigenvalue weighted by Crippen LogP contribution is 2.37. The molecule has 2 heterocycles. The second-order valence-corrected chi connectivity index (χ2v) is 6.36. The van der Waals surface area contributed by atoms with E-state index in [1.54, 1.807) is 24.2 Å². The molecule has 22 heavy (non-hydrogen) atoms. The Kier molecular flexibility index (Phi) is 3.37. The zero-order chi connectivity index (χ0) is 15.1. The van der Waals surface area contributed by atoms with Crippen molar-refractivity contribution in [1.29, 1.82) is 0 Å². The van der Waals surface area contributed by atoms with Gasteiger partial charge in [0.25, 0.3) is 0 Å². The first-order valence-corrected chi connectivity index (χ1v) is 8.42. The van der Waals surface area contributed by atoms with Gasteiger partial charge >= 0.3 is 0 Å². The van der Waals surface area contributed by atoms with Crippen LogP contribution in [0.25, 0.3) is 11.0 Å². The van der Waals surface area contributed by atoms with Crippen LogP contribution >= 0.6 is 11.8 Å². The molecule has 1 aliphatic carbocycles. The van der Waals surface area contributed by atoms with Gasteiger partial charge in [-0.3, -0.25) is 0 Å². The van der Waals surface area contributed by atoms with Crippen molar-refractivity contribution in [2.24, 2.45) is 0 Å². The van der Waals surface area contributed by atoms with E-state index >= 15 is 0 Å². The van der Waals surface area contributed by atoms with Gasteiger partial charge in [-0.15, -0.1) is 10.2 Å². The fourth-order valence-corrected chi connectivity index (χ4v) is 3.62. The fourth-order valence-electron chi connectivity index (χ4n) is 2.69. The van der Waals surface area contributed by atoms with E-state index in [4.69, 9.17) is 0 Å². The Morgan fingerprint density at radius 2 is 2.23 bits per heavy atom. The quantitative estimate of drug-likeness (QED) is 0.677. The fraction of sp³-hybridized carbons (Fsp3) is 0.400. The Balaban J connectivity index is 1.63. The molecule has 0 N–H and O–H groups in total. The van der Waals surface area contributed by atoms with Gasteiger partial charge < -0.3 is 9.13 Å². The Labute approximate surface area is 131 Å². The van der Waals surface area contributed by atoms with Crippen LogP contribution in [0.5, 0.6) is 0 Å². The van der Waals surface area contributed by atoms with Gasteiger partial charge in [0.05, 0.1) is 11.3 Å². The van der Waals surface area contributed by atoms with Crippen molar-refractivity contribution in [3.63, 3.8) is 0 Å².